The van der Waals surface area contributed by atoms with Gasteiger partial charge in [0.15, 0.2) is 0 Å². The molecule has 0 bridgehead atoms. The second-order valence-electron chi connectivity index (χ2n) is 4.04. The number of halogens is 1. The summed E-state index contributed by atoms with van der Waals surface area (Å²) in [6.07, 6.45) is 1.97. The third-order valence-electron chi connectivity index (χ3n) is 2.67. The molecule has 0 radical (unpaired) electrons. The van der Waals surface area contributed by atoms with Gasteiger partial charge in [-0.15, -0.1) is 0 Å². The summed E-state index contributed by atoms with van der Waals surface area (Å²) in [7, 11) is 0. The molecule has 2 aromatic carbocycles. The highest BCUT2D eigenvalue weighted by Crippen LogP contribution is 2.15. The van der Waals surface area contributed by atoms with Crippen LogP contribution in [0.3, 0.4) is 0 Å². The molecular weight excluding hydrogens is 246 g/mol. The van der Waals surface area contributed by atoms with Crippen molar-refractivity contribution >= 4 is 41.5 Å². The zero-order chi connectivity index (χ0) is 13.1. The topological polar surface area (TPSA) is 64.1 Å². The van der Waals surface area contributed by atoms with Crippen LogP contribution in [0.1, 0.15) is 5.56 Å². The van der Waals surface area contributed by atoms with E-state index in [4.69, 9.17) is 23.2 Å². The van der Waals surface area contributed by atoms with Crippen molar-refractivity contribution in [1.29, 1.82) is 0 Å². The highest BCUT2D eigenvalue weighted by atomic mass is 35.5. The quantitative estimate of drug-likeness (QED) is 0.568. The first kappa shape index (κ1) is 12.3. The van der Waals surface area contributed by atoms with Gasteiger partial charge >= 0.3 is 0 Å². The number of hydrogen-bond donors (Lipinski definition) is 3. The van der Waals surface area contributed by atoms with Crippen LogP contribution in [0.2, 0.25) is 0 Å². The number of hydrogen-bond acceptors (Lipinski definition) is 3. The predicted molar refractivity (Wildman–Crippen MR) is 79.5 cm³/mol. The van der Waals surface area contributed by atoms with Gasteiger partial charge in [0.2, 0.25) is 0 Å². The summed E-state index contributed by atoms with van der Waals surface area (Å²) < 4.78 is 0. The molecule has 0 atom stereocenters. The monoisotopic (exact) mass is 259 g/mol. The summed E-state index contributed by atoms with van der Waals surface area (Å²) in [6.45, 7) is 3.98. The Hall–Kier alpha value is -2.13. The standard InChI is InChI=1S/C14H14ClN3/c1-9-6-13(18-15)5-3-10(9)7-11-2-4-12(16)8-14(11)17/h2-8,18H,1,16-17H2/b10-7-. The van der Waals surface area contributed by atoms with E-state index in [1.807, 2.05) is 36.4 Å². The SMILES string of the molecule is C=c1cc(NCl)cc/c1=C/c1ccc(N)cc1N. The minimum atomic E-state index is 0.647. The first-order chi connectivity index (χ1) is 8.60. The largest absolute Gasteiger partial charge is 0.399 e. The minimum Gasteiger partial charge on any atom is -0.399 e. The van der Waals surface area contributed by atoms with Crippen molar-refractivity contribution in [3.05, 3.63) is 52.4 Å². The Morgan fingerprint density at radius 3 is 2.50 bits per heavy atom. The molecule has 0 aromatic heterocycles. The Morgan fingerprint density at radius 1 is 1.11 bits per heavy atom. The molecule has 92 valence electrons. The van der Waals surface area contributed by atoms with Crippen molar-refractivity contribution in [2.45, 2.75) is 0 Å². The molecule has 3 nitrogen and oxygen atoms in total. The molecule has 0 spiro atoms. The third kappa shape index (κ3) is 2.57. The van der Waals surface area contributed by atoms with E-state index < -0.39 is 0 Å². The van der Waals surface area contributed by atoms with Crippen molar-refractivity contribution in [3.63, 3.8) is 0 Å². The van der Waals surface area contributed by atoms with Crippen LogP contribution in [0.15, 0.2) is 36.4 Å². The fraction of sp³-hybridized carbons (Fsp3) is 0. The molecule has 0 fully saturated rings. The molecule has 0 heterocycles. The smallest absolute Gasteiger partial charge is 0.0497 e. The molecular formula is C14H14ClN3. The van der Waals surface area contributed by atoms with Gasteiger partial charge < -0.3 is 11.5 Å². The van der Waals surface area contributed by atoms with E-state index in [0.29, 0.717) is 11.4 Å². The Balaban J connectivity index is 2.54. The Morgan fingerprint density at radius 2 is 1.89 bits per heavy atom. The van der Waals surface area contributed by atoms with Crippen LogP contribution in [-0.4, -0.2) is 0 Å². The number of nitrogens with one attached hydrogen (secondary N) is 1. The van der Waals surface area contributed by atoms with Gasteiger partial charge in [-0.3, -0.25) is 4.84 Å². The fourth-order valence-corrected chi connectivity index (χ4v) is 1.82. The molecule has 0 aliphatic carbocycles. The average molecular weight is 260 g/mol. The predicted octanol–water partition coefficient (Wildman–Crippen LogP) is 1.66. The molecule has 2 rings (SSSR count). The van der Waals surface area contributed by atoms with Gasteiger partial charge in [-0.2, -0.15) is 0 Å². The lowest BCUT2D eigenvalue weighted by molar-refractivity contribution is 1.51. The first-order valence-corrected chi connectivity index (χ1v) is 5.80. The number of benzene rings is 2. The average Bonchev–Trinajstić information content (AvgIpc) is 2.34. The fourth-order valence-electron chi connectivity index (χ4n) is 1.70. The zero-order valence-corrected chi connectivity index (χ0v) is 10.5. The van der Waals surface area contributed by atoms with Gasteiger partial charge in [0.25, 0.3) is 0 Å². The minimum absolute atomic E-state index is 0.647. The third-order valence-corrected chi connectivity index (χ3v) is 2.89. The van der Waals surface area contributed by atoms with Crippen LogP contribution < -0.4 is 26.7 Å². The maximum atomic E-state index is 5.91. The van der Waals surface area contributed by atoms with Crippen LogP contribution >= 0.6 is 11.8 Å². The molecule has 0 aliphatic rings. The van der Waals surface area contributed by atoms with Gasteiger partial charge in [0.1, 0.15) is 0 Å². The van der Waals surface area contributed by atoms with Crippen molar-refractivity contribution in [3.8, 4) is 0 Å². The van der Waals surface area contributed by atoms with E-state index in [2.05, 4.69) is 11.4 Å². The number of rotatable bonds is 2. The van der Waals surface area contributed by atoms with Crippen LogP contribution in [-0.2, 0) is 0 Å². The summed E-state index contributed by atoms with van der Waals surface area (Å²) in [5.74, 6) is 0. The van der Waals surface area contributed by atoms with E-state index in [1.54, 1.807) is 6.07 Å². The second-order valence-corrected chi connectivity index (χ2v) is 4.23. The van der Waals surface area contributed by atoms with E-state index >= 15 is 0 Å². The number of anilines is 3. The molecule has 2 aromatic rings. The van der Waals surface area contributed by atoms with Crippen molar-refractivity contribution in [2.24, 2.45) is 0 Å². The molecule has 4 heteroatoms. The van der Waals surface area contributed by atoms with Crippen molar-refractivity contribution in [1.82, 2.24) is 0 Å². The van der Waals surface area contributed by atoms with Gasteiger partial charge in [-0.25, -0.2) is 0 Å². The van der Waals surface area contributed by atoms with Gasteiger partial charge in [0.05, 0.1) is 0 Å². The van der Waals surface area contributed by atoms with Crippen LogP contribution in [0, 0.1) is 0 Å². The maximum absolute atomic E-state index is 5.91. The van der Waals surface area contributed by atoms with E-state index in [1.165, 1.54) is 0 Å². The zero-order valence-electron chi connectivity index (χ0n) is 9.78. The normalized spacial score (nSPS) is 11.5. The van der Waals surface area contributed by atoms with Crippen molar-refractivity contribution < 1.29 is 0 Å². The molecule has 0 saturated heterocycles. The van der Waals surface area contributed by atoms with Gasteiger partial charge in [0, 0.05) is 28.8 Å². The summed E-state index contributed by atoms with van der Waals surface area (Å²) >= 11 is 5.53. The summed E-state index contributed by atoms with van der Waals surface area (Å²) in [4.78, 5) is 2.55. The number of nitrogens with two attached hydrogens (primary N) is 2. The molecule has 18 heavy (non-hydrogen) atoms. The maximum Gasteiger partial charge on any atom is 0.0497 e. The highest BCUT2D eigenvalue weighted by Gasteiger charge is 1.96. The van der Waals surface area contributed by atoms with Gasteiger partial charge in [-0.05, 0) is 46.3 Å². The molecule has 5 N–H and O–H groups in total. The first-order valence-electron chi connectivity index (χ1n) is 5.42. The lowest BCUT2D eigenvalue weighted by Crippen LogP contribution is -2.22. The lowest BCUT2D eigenvalue weighted by Gasteiger charge is -2.02. The van der Waals surface area contributed by atoms with E-state index in [-0.39, 0.29) is 0 Å². The summed E-state index contributed by atoms with van der Waals surface area (Å²) in [5, 5.41) is 1.86. The molecule has 0 amide bonds. The van der Waals surface area contributed by atoms with Crippen LogP contribution in [0.5, 0.6) is 0 Å². The Bertz CT molecular complexity index is 680. The van der Waals surface area contributed by atoms with E-state index in [9.17, 15) is 0 Å². The van der Waals surface area contributed by atoms with Crippen molar-refractivity contribution in [2.75, 3.05) is 16.3 Å². The van der Waals surface area contributed by atoms with E-state index in [0.717, 1.165) is 21.7 Å². The van der Waals surface area contributed by atoms with Gasteiger partial charge in [-0.1, -0.05) is 18.7 Å². The Kier molecular flexibility index (Phi) is 3.44. The number of nitrogen functional groups attached to an aromatic ring is 2. The highest BCUT2D eigenvalue weighted by molar-refractivity contribution is 6.23. The lowest BCUT2D eigenvalue weighted by atomic mass is 10.1. The molecule has 0 saturated carbocycles. The second kappa shape index (κ2) is 5.02. The molecule has 0 unspecified atom stereocenters. The Labute approximate surface area is 110 Å². The van der Waals surface area contributed by atoms with Crippen LogP contribution in [0.25, 0.3) is 12.7 Å². The summed E-state index contributed by atoms with van der Waals surface area (Å²) in [6, 6.07) is 11.1. The molecule has 0 aliphatic heterocycles. The summed E-state index contributed by atoms with van der Waals surface area (Å²) in [5.41, 5.74) is 14.6. The van der Waals surface area contributed by atoms with Crippen LogP contribution in [0.4, 0.5) is 17.1 Å².